The van der Waals surface area contributed by atoms with E-state index in [0.29, 0.717) is 43.0 Å². The molecule has 0 radical (unpaired) electrons. The average Bonchev–Trinajstić information content (AvgIpc) is 2.67. The van der Waals surface area contributed by atoms with Crippen LogP contribution >= 0.6 is 0 Å². The van der Waals surface area contributed by atoms with Crippen molar-refractivity contribution in [2.75, 3.05) is 13.1 Å². The maximum Gasteiger partial charge on any atom is 0.254 e. The maximum atomic E-state index is 12.3. The Kier molecular flexibility index (Phi) is 5.12. The van der Waals surface area contributed by atoms with Crippen molar-refractivity contribution >= 4 is 5.91 Å². The largest absolute Gasteiger partial charge is 0.393 e. The summed E-state index contributed by atoms with van der Waals surface area (Å²) in [4.78, 5) is 33.2. The van der Waals surface area contributed by atoms with Crippen molar-refractivity contribution in [2.24, 2.45) is 0 Å². The predicted octanol–water partition coefficient (Wildman–Crippen LogP) is 0.557. The van der Waals surface area contributed by atoms with Crippen molar-refractivity contribution in [1.82, 2.24) is 14.9 Å². The Balaban J connectivity index is 2.11. The second-order valence-electron chi connectivity index (χ2n) is 5.57. The highest BCUT2D eigenvalue weighted by Gasteiger charge is 2.21. The van der Waals surface area contributed by atoms with Crippen molar-refractivity contribution in [3.05, 3.63) is 27.4 Å². The molecule has 1 aromatic rings. The first kappa shape index (κ1) is 15.7. The van der Waals surface area contributed by atoms with Crippen molar-refractivity contribution in [1.29, 1.82) is 0 Å². The fourth-order valence-electron chi connectivity index (χ4n) is 2.64. The Morgan fingerprint density at radius 1 is 1.43 bits per heavy atom. The molecule has 6 heteroatoms. The summed E-state index contributed by atoms with van der Waals surface area (Å²) < 4.78 is 0. The van der Waals surface area contributed by atoms with E-state index in [1.54, 1.807) is 11.8 Å². The number of rotatable bonds is 3. The molecule has 0 bridgehead atoms. The van der Waals surface area contributed by atoms with Gasteiger partial charge in [-0.2, -0.15) is 0 Å². The molecule has 0 saturated carbocycles. The molecule has 1 unspecified atom stereocenters. The van der Waals surface area contributed by atoms with E-state index in [0.717, 1.165) is 12.8 Å². The SMILES string of the molecule is CCc1nc(C)c(CC(=O)N2CCCC(O)CC2)c(=O)[nH]1. The Labute approximate surface area is 124 Å². The molecular weight excluding hydrogens is 270 g/mol. The number of carbonyl (C=O) groups excluding carboxylic acids is 1. The van der Waals surface area contributed by atoms with Crippen molar-refractivity contribution in [3.8, 4) is 0 Å². The first-order valence-electron chi connectivity index (χ1n) is 7.55. The molecule has 21 heavy (non-hydrogen) atoms. The number of H-pyrrole nitrogens is 1. The Morgan fingerprint density at radius 2 is 2.19 bits per heavy atom. The average molecular weight is 293 g/mol. The standard InChI is InChI=1S/C15H23N3O3/c1-3-13-16-10(2)12(15(21)17-13)9-14(20)18-7-4-5-11(19)6-8-18/h11,19H,3-9H2,1-2H3,(H,16,17,21). The van der Waals surface area contributed by atoms with E-state index in [-0.39, 0.29) is 24.0 Å². The summed E-state index contributed by atoms with van der Waals surface area (Å²) in [5.74, 6) is 0.579. The highest BCUT2D eigenvalue weighted by molar-refractivity contribution is 5.78. The van der Waals surface area contributed by atoms with Crippen LogP contribution in [-0.4, -0.2) is 45.1 Å². The molecule has 6 nitrogen and oxygen atoms in total. The summed E-state index contributed by atoms with van der Waals surface area (Å²) >= 11 is 0. The van der Waals surface area contributed by atoms with E-state index < -0.39 is 0 Å². The summed E-state index contributed by atoms with van der Waals surface area (Å²) in [7, 11) is 0. The fraction of sp³-hybridized carbons (Fsp3) is 0.667. The molecule has 1 amide bonds. The van der Waals surface area contributed by atoms with E-state index in [1.165, 1.54) is 0 Å². The van der Waals surface area contributed by atoms with Gasteiger partial charge in [-0.05, 0) is 26.2 Å². The molecule has 2 heterocycles. The third-order valence-electron chi connectivity index (χ3n) is 3.98. The first-order chi connectivity index (χ1) is 10.0. The maximum absolute atomic E-state index is 12.3. The summed E-state index contributed by atoms with van der Waals surface area (Å²) in [5.41, 5.74) is 0.850. The predicted molar refractivity (Wildman–Crippen MR) is 79.1 cm³/mol. The third kappa shape index (κ3) is 3.91. The molecule has 1 saturated heterocycles. The minimum Gasteiger partial charge on any atom is -0.393 e. The van der Waals surface area contributed by atoms with Gasteiger partial charge >= 0.3 is 0 Å². The molecule has 116 valence electrons. The number of aryl methyl sites for hydroxylation is 2. The number of nitrogens with zero attached hydrogens (tertiary/aromatic N) is 2. The molecule has 1 aliphatic rings. The number of aliphatic hydroxyl groups is 1. The van der Waals surface area contributed by atoms with Crippen LogP contribution in [0.1, 0.15) is 43.3 Å². The number of amides is 1. The van der Waals surface area contributed by atoms with Gasteiger partial charge in [0.15, 0.2) is 0 Å². The lowest BCUT2D eigenvalue weighted by Gasteiger charge is -2.20. The molecule has 1 fully saturated rings. The molecule has 2 rings (SSSR count). The van der Waals surface area contributed by atoms with Gasteiger partial charge < -0.3 is 15.0 Å². The lowest BCUT2D eigenvalue weighted by atomic mass is 10.1. The van der Waals surface area contributed by atoms with Gasteiger partial charge in [-0.1, -0.05) is 6.92 Å². The van der Waals surface area contributed by atoms with Gasteiger partial charge in [0, 0.05) is 30.8 Å². The van der Waals surface area contributed by atoms with E-state index in [9.17, 15) is 14.7 Å². The number of aliphatic hydroxyl groups excluding tert-OH is 1. The number of aromatic nitrogens is 2. The number of nitrogens with one attached hydrogen (secondary N) is 1. The van der Waals surface area contributed by atoms with E-state index >= 15 is 0 Å². The smallest absolute Gasteiger partial charge is 0.254 e. The zero-order valence-electron chi connectivity index (χ0n) is 12.7. The molecule has 1 atom stereocenters. The Hall–Kier alpha value is -1.69. The van der Waals surface area contributed by atoms with Crippen LogP contribution in [0, 0.1) is 6.92 Å². The van der Waals surface area contributed by atoms with Gasteiger partial charge in [0.1, 0.15) is 5.82 Å². The van der Waals surface area contributed by atoms with Crippen LogP contribution in [0.5, 0.6) is 0 Å². The number of aromatic amines is 1. The lowest BCUT2D eigenvalue weighted by molar-refractivity contribution is -0.130. The highest BCUT2D eigenvalue weighted by atomic mass is 16.3. The zero-order valence-corrected chi connectivity index (χ0v) is 12.7. The molecule has 2 N–H and O–H groups in total. The van der Waals surface area contributed by atoms with E-state index in [4.69, 9.17) is 0 Å². The van der Waals surface area contributed by atoms with Crippen LogP contribution in [0.25, 0.3) is 0 Å². The second-order valence-corrected chi connectivity index (χ2v) is 5.57. The summed E-state index contributed by atoms with van der Waals surface area (Å²) in [6.45, 7) is 4.89. The molecule has 0 spiro atoms. The summed E-state index contributed by atoms with van der Waals surface area (Å²) in [6.07, 6.45) is 2.56. The first-order valence-corrected chi connectivity index (χ1v) is 7.55. The van der Waals surface area contributed by atoms with Gasteiger partial charge in [0.2, 0.25) is 5.91 Å². The second kappa shape index (κ2) is 6.85. The van der Waals surface area contributed by atoms with Crippen LogP contribution in [-0.2, 0) is 17.6 Å². The Morgan fingerprint density at radius 3 is 2.86 bits per heavy atom. The molecular formula is C15H23N3O3. The number of hydrogen-bond acceptors (Lipinski definition) is 4. The van der Waals surface area contributed by atoms with Gasteiger partial charge in [0.25, 0.3) is 5.56 Å². The van der Waals surface area contributed by atoms with Crippen LogP contribution < -0.4 is 5.56 Å². The zero-order chi connectivity index (χ0) is 15.4. The van der Waals surface area contributed by atoms with Crippen LogP contribution in [0.15, 0.2) is 4.79 Å². The molecule has 1 aliphatic heterocycles. The monoisotopic (exact) mass is 293 g/mol. The Bertz CT molecular complexity index is 568. The van der Waals surface area contributed by atoms with Gasteiger partial charge in [-0.15, -0.1) is 0 Å². The topological polar surface area (TPSA) is 86.3 Å². The number of carbonyl (C=O) groups is 1. The van der Waals surface area contributed by atoms with Crippen LogP contribution in [0.2, 0.25) is 0 Å². The fourth-order valence-corrected chi connectivity index (χ4v) is 2.64. The molecule has 1 aromatic heterocycles. The third-order valence-corrected chi connectivity index (χ3v) is 3.98. The molecule has 0 aromatic carbocycles. The molecule has 0 aliphatic carbocycles. The summed E-state index contributed by atoms with van der Waals surface area (Å²) in [6, 6.07) is 0. The highest BCUT2D eigenvalue weighted by Crippen LogP contribution is 2.12. The van der Waals surface area contributed by atoms with E-state index in [1.807, 2.05) is 6.92 Å². The summed E-state index contributed by atoms with van der Waals surface area (Å²) in [5, 5.41) is 9.62. The normalized spacial score (nSPS) is 19.4. The van der Waals surface area contributed by atoms with Crippen LogP contribution in [0.4, 0.5) is 0 Å². The number of likely N-dealkylation sites (tertiary alicyclic amines) is 1. The minimum absolute atomic E-state index is 0.0660. The lowest BCUT2D eigenvalue weighted by Crippen LogP contribution is -2.35. The van der Waals surface area contributed by atoms with Crippen molar-refractivity contribution in [3.63, 3.8) is 0 Å². The quantitative estimate of drug-likeness (QED) is 0.852. The van der Waals surface area contributed by atoms with E-state index in [2.05, 4.69) is 9.97 Å². The van der Waals surface area contributed by atoms with Gasteiger partial charge in [-0.3, -0.25) is 9.59 Å². The number of hydrogen-bond donors (Lipinski definition) is 2. The van der Waals surface area contributed by atoms with Crippen molar-refractivity contribution < 1.29 is 9.90 Å². The minimum atomic E-state index is -0.321. The van der Waals surface area contributed by atoms with Crippen LogP contribution in [0.3, 0.4) is 0 Å². The van der Waals surface area contributed by atoms with Crippen molar-refractivity contribution in [2.45, 2.75) is 52.1 Å². The van der Waals surface area contributed by atoms with Gasteiger partial charge in [0.05, 0.1) is 12.5 Å². The van der Waals surface area contributed by atoms with Gasteiger partial charge in [-0.25, -0.2) is 4.98 Å².